The standard InChI is InChI=1S/C23H24ClN3O3/c1-29-20-12-11-17-14-18(23(24)26-21(17)15-20)16-25-27-22(28)10-6-3-7-13-30-19-8-4-2-5-9-19/h2,4-5,8-9,11-12,14-16H,3,6-7,10,13H2,1H3,(H,27,28)/b25-16+. The predicted molar refractivity (Wildman–Crippen MR) is 119 cm³/mol. The summed E-state index contributed by atoms with van der Waals surface area (Å²) in [5.74, 6) is 1.45. The van der Waals surface area contributed by atoms with Crippen molar-refractivity contribution < 1.29 is 14.3 Å². The molecule has 0 aliphatic heterocycles. The van der Waals surface area contributed by atoms with Gasteiger partial charge < -0.3 is 9.47 Å². The molecule has 0 aliphatic carbocycles. The number of methoxy groups -OCH3 is 1. The summed E-state index contributed by atoms with van der Waals surface area (Å²) in [6.07, 6.45) is 4.50. The minimum Gasteiger partial charge on any atom is -0.497 e. The van der Waals surface area contributed by atoms with Gasteiger partial charge >= 0.3 is 0 Å². The Labute approximate surface area is 180 Å². The molecule has 0 atom stereocenters. The maximum Gasteiger partial charge on any atom is 0.240 e. The number of aromatic nitrogens is 1. The molecule has 1 aromatic heterocycles. The SMILES string of the molecule is COc1ccc2cc(/C=N/NC(=O)CCCCCOc3ccccc3)c(Cl)nc2c1. The van der Waals surface area contributed by atoms with E-state index >= 15 is 0 Å². The number of fused-ring (bicyclic) bond motifs is 1. The van der Waals surface area contributed by atoms with Crippen molar-refractivity contribution in [1.82, 2.24) is 10.4 Å². The van der Waals surface area contributed by atoms with Crippen molar-refractivity contribution in [2.75, 3.05) is 13.7 Å². The first-order chi connectivity index (χ1) is 14.7. The number of amides is 1. The average Bonchev–Trinajstić information content (AvgIpc) is 2.76. The summed E-state index contributed by atoms with van der Waals surface area (Å²) < 4.78 is 10.8. The molecule has 0 spiro atoms. The highest BCUT2D eigenvalue weighted by Gasteiger charge is 2.05. The summed E-state index contributed by atoms with van der Waals surface area (Å²) in [4.78, 5) is 16.3. The number of ether oxygens (including phenoxy) is 2. The Morgan fingerprint density at radius 1 is 1.10 bits per heavy atom. The van der Waals surface area contributed by atoms with E-state index in [1.807, 2.05) is 54.6 Å². The molecule has 1 amide bonds. The number of pyridine rings is 1. The second-order valence-electron chi connectivity index (χ2n) is 6.69. The second-order valence-corrected chi connectivity index (χ2v) is 7.05. The highest BCUT2D eigenvalue weighted by molar-refractivity contribution is 6.32. The van der Waals surface area contributed by atoms with Gasteiger partial charge in [-0.1, -0.05) is 29.8 Å². The van der Waals surface area contributed by atoms with Gasteiger partial charge in [-0.25, -0.2) is 10.4 Å². The molecule has 156 valence electrons. The van der Waals surface area contributed by atoms with Crippen LogP contribution in [0.15, 0.2) is 59.7 Å². The zero-order chi connectivity index (χ0) is 21.2. The van der Waals surface area contributed by atoms with E-state index in [0.717, 1.165) is 35.9 Å². The lowest BCUT2D eigenvalue weighted by molar-refractivity contribution is -0.121. The molecular weight excluding hydrogens is 402 g/mol. The number of nitrogens with zero attached hydrogens (tertiary/aromatic N) is 2. The van der Waals surface area contributed by atoms with E-state index in [2.05, 4.69) is 15.5 Å². The van der Waals surface area contributed by atoms with Gasteiger partial charge in [-0.15, -0.1) is 0 Å². The van der Waals surface area contributed by atoms with Crippen LogP contribution in [0.1, 0.15) is 31.2 Å². The zero-order valence-corrected chi connectivity index (χ0v) is 17.6. The van der Waals surface area contributed by atoms with E-state index in [4.69, 9.17) is 21.1 Å². The number of unbranched alkanes of at least 4 members (excludes halogenated alkanes) is 2. The Hall–Kier alpha value is -3.12. The van der Waals surface area contributed by atoms with Crippen LogP contribution < -0.4 is 14.9 Å². The molecule has 0 bridgehead atoms. The number of halogens is 1. The van der Waals surface area contributed by atoms with Crippen molar-refractivity contribution in [3.05, 3.63) is 65.3 Å². The molecule has 0 saturated carbocycles. The molecule has 6 nitrogen and oxygen atoms in total. The number of hydrogen-bond acceptors (Lipinski definition) is 5. The molecule has 7 heteroatoms. The van der Waals surface area contributed by atoms with Gasteiger partial charge in [0.2, 0.25) is 5.91 Å². The number of hydrazone groups is 1. The molecule has 0 aliphatic rings. The van der Waals surface area contributed by atoms with Crippen molar-refractivity contribution in [2.45, 2.75) is 25.7 Å². The third-order valence-corrected chi connectivity index (χ3v) is 4.76. The number of hydrogen-bond donors (Lipinski definition) is 1. The normalized spacial score (nSPS) is 11.0. The van der Waals surface area contributed by atoms with E-state index < -0.39 is 0 Å². The first-order valence-corrected chi connectivity index (χ1v) is 10.2. The van der Waals surface area contributed by atoms with Crippen molar-refractivity contribution >= 4 is 34.6 Å². The summed E-state index contributed by atoms with van der Waals surface area (Å²) in [5.41, 5.74) is 3.90. The second kappa shape index (κ2) is 11.2. The average molecular weight is 426 g/mol. The first kappa shape index (κ1) is 21.6. The zero-order valence-electron chi connectivity index (χ0n) is 16.8. The molecule has 3 aromatic rings. The first-order valence-electron chi connectivity index (χ1n) is 9.80. The number of nitrogens with one attached hydrogen (secondary N) is 1. The van der Waals surface area contributed by atoms with Crippen LogP contribution in [0.3, 0.4) is 0 Å². The Morgan fingerprint density at radius 3 is 2.73 bits per heavy atom. The minimum atomic E-state index is -0.134. The summed E-state index contributed by atoms with van der Waals surface area (Å²) in [6, 6.07) is 17.1. The quantitative estimate of drug-likeness (QED) is 0.215. The third kappa shape index (κ3) is 6.46. The lowest BCUT2D eigenvalue weighted by atomic mass is 10.1. The molecule has 1 N–H and O–H groups in total. The van der Waals surface area contributed by atoms with E-state index in [0.29, 0.717) is 29.5 Å². The highest BCUT2D eigenvalue weighted by atomic mass is 35.5. The van der Waals surface area contributed by atoms with Crippen LogP contribution in [0.25, 0.3) is 10.9 Å². The molecule has 30 heavy (non-hydrogen) atoms. The van der Waals surface area contributed by atoms with Gasteiger partial charge in [0.15, 0.2) is 0 Å². The molecule has 0 saturated heterocycles. The van der Waals surface area contributed by atoms with Crippen molar-refractivity contribution in [2.24, 2.45) is 5.10 Å². The number of benzene rings is 2. The van der Waals surface area contributed by atoms with Gasteiger partial charge in [-0.3, -0.25) is 4.79 Å². The lowest BCUT2D eigenvalue weighted by Gasteiger charge is -2.05. The topological polar surface area (TPSA) is 72.8 Å². The van der Waals surface area contributed by atoms with E-state index in [-0.39, 0.29) is 5.91 Å². The Kier molecular flexibility index (Phi) is 8.03. The van der Waals surface area contributed by atoms with Gasteiger partial charge in [-0.05, 0) is 49.6 Å². The Morgan fingerprint density at radius 2 is 1.93 bits per heavy atom. The van der Waals surface area contributed by atoms with Gasteiger partial charge in [-0.2, -0.15) is 5.10 Å². The van der Waals surface area contributed by atoms with E-state index in [1.165, 1.54) is 6.21 Å². The van der Waals surface area contributed by atoms with Gasteiger partial charge in [0.1, 0.15) is 16.7 Å². The smallest absolute Gasteiger partial charge is 0.240 e. The van der Waals surface area contributed by atoms with Crippen LogP contribution in [0, 0.1) is 0 Å². The van der Waals surface area contributed by atoms with Crippen LogP contribution in [0.4, 0.5) is 0 Å². The van der Waals surface area contributed by atoms with Crippen LogP contribution in [0.2, 0.25) is 5.15 Å². The van der Waals surface area contributed by atoms with Gasteiger partial charge in [0.25, 0.3) is 0 Å². The fraction of sp³-hybridized carbons (Fsp3) is 0.261. The summed E-state index contributed by atoms with van der Waals surface area (Å²) >= 11 is 6.22. The third-order valence-electron chi connectivity index (χ3n) is 4.46. The molecule has 3 rings (SSSR count). The van der Waals surface area contributed by atoms with Crippen molar-refractivity contribution in [3.63, 3.8) is 0 Å². The monoisotopic (exact) mass is 425 g/mol. The predicted octanol–water partition coefficient (Wildman–Crippen LogP) is 4.99. The number of carbonyl (C=O) groups is 1. The largest absolute Gasteiger partial charge is 0.497 e. The summed E-state index contributed by atoms with van der Waals surface area (Å²) in [7, 11) is 1.60. The fourth-order valence-corrected chi connectivity index (χ4v) is 3.05. The number of carbonyl (C=O) groups excluding carboxylic acids is 1. The number of para-hydroxylation sites is 1. The number of rotatable bonds is 10. The molecule has 2 aromatic carbocycles. The molecular formula is C23H24ClN3O3. The van der Waals surface area contributed by atoms with Gasteiger partial charge in [0.05, 0.1) is 25.4 Å². The van der Waals surface area contributed by atoms with Crippen LogP contribution >= 0.6 is 11.6 Å². The molecule has 0 fully saturated rings. The Balaban J connectivity index is 1.39. The maximum absolute atomic E-state index is 11.9. The Bertz CT molecular complexity index is 1010. The van der Waals surface area contributed by atoms with E-state index in [1.54, 1.807) is 7.11 Å². The van der Waals surface area contributed by atoms with Crippen LogP contribution in [-0.2, 0) is 4.79 Å². The highest BCUT2D eigenvalue weighted by Crippen LogP contribution is 2.23. The van der Waals surface area contributed by atoms with Gasteiger partial charge in [0, 0.05) is 23.4 Å². The molecule has 0 radical (unpaired) electrons. The van der Waals surface area contributed by atoms with Crippen molar-refractivity contribution in [1.29, 1.82) is 0 Å². The van der Waals surface area contributed by atoms with Crippen LogP contribution in [-0.4, -0.2) is 30.8 Å². The lowest BCUT2D eigenvalue weighted by Crippen LogP contribution is -2.17. The molecule has 0 unspecified atom stereocenters. The fourth-order valence-electron chi connectivity index (χ4n) is 2.86. The summed E-state index contributed by atoms with van der Waals surface area (Å²) in [6.45, 7) is 0.642. The summed E-state index contributed by atoms with van der Waals surface area (Å²) in [5, 5.41) is 5.22. The van der Waals surface area contributed by atoms with E-state index in [9.17, 15) is 4.79 Å². The minimum absolute atomic E-state index is 0.134. The maximum atomic E-state index is 11.9. The van der Waals surface area contributed by atoms with Crippen LogP contribution in [0.5, 0.6) is 11.5 Å². The molecule has 1 heterocycles. The van der Waals surface area contributed by atoms with Crippen molar-refractivity contribution in [3.8, 4) is 11.5 Å².